The fraction of sp³-hybridized carbons (Fsp3) is 0.188. The Morgan fingerprint density at radius 3 is 2.90 bits per heavy atom. The number of benzene rings is 2. The zero-order chi connectivity index (χ0) is 14.7. The Labute approximate surface area is 122 Å². The van der Waals surface area contributed by atoms with Gasteiger partial charge in [-0.25, -0.2) is 0 Å². The number of rotatable bonds is 4. The molecule has 21 heavy (non-hydrogen) atoms. The van der Waals surface area contributed by atoms with Gasteiger partial charge in [0.2, 0.25) is 0 Å². The number of nitrogens with two attached hydrogens (primary N) is 1. The summed E-state index contributed by atoms with van der Waals surface area (Å²) in [6.45, 7) is 0.923. The minimum absolute atomic E-state index is 0.0648. The molecule has 2 N–H and O–H groups in total. The summed E-state index contributed by atoms with van der Waals surface area (Å²) in [5, 5.41) is 0. The summed E-state index contributed by atoms with van der Waals surface area (Å²) in [7, 11) is 0. The number of ether oxygens (including phenoxy) is 2. The third kappa shape index (κ3) is 2.91. The molecule has 0 unspecified atom stereocenters. The third-order valence-corrected chi connectivity index (χ3v) is 3.25. The van der Waals surface area contributed by atoms with Gasteiger partial charge in [0, 0.05) is 11.8 Å². The van der Waals surface area contributed by atoms with Crippen molar-refractivity contribution >= 4 is 17.3 Å². The molecule has 2 aromatic carbocycles. The molecule has 1 aliphatic heterocycles. The lowest BCUT2D eigenvalue weighted by atomic mass is 10.2. The van der Waals surface area contributed by atoms with Crippen molar-refractivity contribution in [3.63, 3.8) is 0 Å². The molecule has 0 aliphatic carbocycles. The van der Waals surface area contributed by atoms with Crippen molar-refractivity contribution in [3.05, 3.63) is 48.5 Å². The Morgan fingerprint density at radius 1 is 1.19 bits per heavy atom. The van der Waals surface area contributed by atoms with Crippen LogP contribution in [0.1, 0.15) is 0 Å². The van der Waals surface area contributed by atoms with E-state index in [1.165, 1.54) is 0 Å². The van der Waals surface area contributed by atoms with Crippen LogP contribution in [-0.4, -0.2) is 25.7 Å². The molecule has 0 bridgehead atoms. The van der Waals surface area contributed by atoms with E-state index in [0.29, 0.717) is 24.6 Å². The zero-order valence-electron chi connectivity index (χ0n) is 11.5. The minimum Gasteiger partial charge on any atom is -0.492 e. The largest absolute Gasteiger partial charge is 0.492 e. The van der Waals surface area contributed by atoms with E-state index >= 15 is 0 Å². The Morgan fingerprint density at radius 2 is 2.05 bits per heavy atom. The van der Waals surface area contributed by atoms with Crippen molar-refractivity contribution in [1.29, 1.82) is 0 Å². The second-order valence-corrected chi connectivity index (χ2v) is 4.72. The van der Waals surface area contributed by atoms with E-state index in [2.05, 4.69) is 0 Å². The lowest BCUT2D eigenvalue weighted by Gasteiger charge is -2.29. The van der Waals surface area contributed by atoms with Gasteiger partial charge in [-0.05, 0) is 24.3 Å². The summed E-state index contributed by atoms with van der Waals surface area (Å²) in [5.74, 6) is 1.36. The number of para-hydroxylation sites is 2. The monoisotopic (exact) mass is 284 g/mol. The molecule has 0 atom stereocenters. The smallest absolute Gasteiger partial charge is 0.265 e. The molecule has 0 aromatic heterocycles. The van der Waals surface area contributed by atoms with E-state index in [1.807, 2.05) is 36.4 Å². The van der Waals surface area contributed by atoms with Crippen LogP contribution in [0.15, 0.2) is 48.5 Å². The van der Waals surface area contributed by atoms with Gasteiger partial charge >= 0.3 is 0 Å². The van der Waals surface area contributed by atoms with Gasteiger partial charge < -0.3 is 20.1 Å². The van der Waals surface area contributed by atoms with Crippen molar-refractivity contribution in [2.24, 2.45) is 0 Å². The molecule has 0 fully saturated rings. The maximum Gasteiger partial charge on any atom is 0.265 e. The summed E-state index contributed by atoms with van der Waals surface area (Å²) < 4.78 is 11.0. The van der Waals surface area contributed by atoms with E-state index < -0.39 is 0 Å². The Kier molecular flexibility index (Phi) is 3.64. The van der Waals surface area contributed by atoms with Crippen LogP contribution in [0.3, 0.4) is 0 Å². The van der Waals surface area contributed by atoms with Gasteiger partial charge in [-0.1, -0.05) is 18.2 Å². The summed E-state index contributed by atoms with van der Waals surface area (Å²) in [6, 6.07) is 14.7. The van der Waals surface area contributed by atoms with Crippen LogP contribution in [0, 0.1) is 0 Å². The highest BCUT2D eigenvalue weighted by molar-refractivity contribution is 5.97. The van der Waals surface area contributed by atoms with E-state index in [1.54, 1.807) is 17.0 Å². The number of hydrogen-bond acceptors (Lipinski definition) is 4. The summed E-state index contributed by atoms with van der Waals surface area (Å²) >= 11 is 0. The maximum atomic E-state index is 12.0. The Bertz CT molecular complexity index is 657. The highest BCUT2D eigenvalue weighted by Crippen LogP contribution is 2.31. The van der Waals surface area contributed by atoms with Crippen LogP contribution < -0.4 is 20.1 Å². The molecule has 3 rings (SSSR count). The van der Waals surface area contributed by atoms with E-state index in [9.17, 15) is 4.79 Å². The number of anilines is 2. The predicted octanol–water partition coefficient (Wildman–Crippen LogP) is 2.07. The van der Waals surface area contributed by atoms with Crippen molar-refractivity contribution in [2.75, 3.05) is 30.4 Å². The van der Waals surface area contributed by atoms with Gasteiger partial charge in [0.25, 0.3) is 5.91 Å². The summed E-state index contributed by atoms with van der Waals surface area (Å²) in [5.41, 5.74) is 7.13. The zero-order valence-corrected chi connectivity index (χ0v) is 11.5. The van der Waals surface area contributed by atoms with Gasteiger partial charge in [0.05, 0.1) is 12.2 Å². The molecule has 5 nitrogen and oxygen atoms in total. The van der Waals surface area contributed by atoms with Crippen molar-refractivity contribution < 1.29 is 14.3 Å². The molecule has 0 radical (unpaired) electrons. The highest BCUT2D eigenvalue weighted by Gasteiger charge is 2.24. The average molecular weight is 284 g/mol. The van der Waals surface area contributed by atoms with Gasteiger partial charge in [-0.3, -0.25) is 4.79 Å². The maximum absolute atomic E-state index is 12.0. The van der Waals surface area contributed by atoms with Crippen LogP contribution in [0.2, 0.25) is 0 Å². The molecular formula is C16H16N2O3. The summed E-state index contributed by atoms with van der Waals surface area (Å²) in [4.78, 5) is 13.7. The van der Waals surface area contributed by atoms with Gasteiger partial charge in [-0.15, -0.1) is 0 Å². The van der Waals surface area contributed by atoms with E-state index in [4.69, 9.17) is 15.2 Å². The first kappa shape index (κ1) is 13.3. The summed E-state index contributed by atoms with van der Waals surface area (Å²) in [6.07, 6.45) is 0. The van der Waals surface area contributed by atoms with E-state index in [-0.39, 0.29) is 12.5 Å². The van der Waals surface area contributed by atoms with Gasteiger partial charge in [-0.2, -0.15) is 0 Å². The van der Waals surface area contributed by atoms with E-state index in [0.717, 1.165) is 11.4 Å². The normalized spacial score (nSPS) is 13.5. The molecule has 1 amide bonds. The molecule has 0 saturated carbocycles. The van der Waals surface area contributed by atoms with Gasteiger partial charge in [0.15, 0.2) is 6.61 Å². The predicted molar refractivity (Wildman–Crippen MR) is 80.6 cm³/mol. The number of amides is 1. The number of hydrogen-bond donors (Lipinski definition) is 1. The second kappa shape index (κ2) is 5.75. The lowest BCUT2D eigenvalue weighted by Crippen LogP contribution is -2.41. The first-order valence-electron chi connectivity index (χ1n) is 6.74. The lowest BCUT2D eigenvalue weighted by molar-refractivity contribution is -0.121. The van der Waals surface area contributed by atoms with Gasteiger partial charge in [0.1, 0.15) is 18.1 Å². The molecule has 2 aromatic rings. The fourth-order valence-corrected chi connectivity index (χ4v) is 2.26. The number of carbonyl (C=O) groups excluding carboxylic acids is 1. The number of nitrogens with zero attached hydrogens (tertiary/aromatic N) is 1. The number of carbonyl (C=O) groups is 1. The topological polar surface area (TPSA) is 64.8 Å². The van der Waals surface area contributed by atoms with Crippen LogP contribution in [0.5, 0.6) is 11.5 Å². The average Bonchev–Trinajstić information content (AvgIpc) is 2.50. The third-order valence-electron chi connectivity index (χ3n) is 3.25. The first-order valence-corrected chi connectivity index (χ1v) is 6.74. The first-order chi connectivity index (χ1) is 10.2. The fourth-order valence-electron chi connectivity index (χ4n) is 2.26. The van der Waals surface area contributed by atoms with Crippen molar-refractivity contribution in [2.45, 2.75) is 0 Å². The molecule has 0 saturated heterocycles. The quantitative estimate of drug-likeness (QED) is 0.873. The van der Waals surface area contributed by atoms with Crippen LogP contribution in [0.4, 0.5) is 11.4 Å². The molecule has 108 valence electrons. The molecule has 0 spiro atoms. The SMILES string of the molecule is Nc1cccc(OCCN2C(=O)COc3ccccc32)c1. The van der Waals surface area contributed by atoms with Crippen LogP contribution in [-0.2, 0) is 4.79 Å². The van der Waals surface area contributed by atoms with Crippen molar-refractivity contribution in [3.8, 4) is 11.5 Å². The Hall–Kier alpha value is -2.69. The second-order valence-electron chi connectivity index (χ2n) is 4.72. The Balaban J connectivity index is 1.66. The highest BCUT2D eigenvalue weighted by atomic mass is 16.5. The molecule has 1 aliphatic rings. The van der Waals surface area contributed by atoms with Crippen molar-refractivity contribution in [1.82, 2.24) is 0 Å². The minimum atomic E-state index is -0.0649. The standard InChI is InChI=1S/C16H16N2O3/c17-12-4-3-5-13(10-12)20-9-8-18-14-6-1-2-7-15(14)21-11-16(18)19/h1-7,10H,8-9,11,17H2. The number of fused-ring (bicyclic) bond motifs is 1. The molecular weight excluding hydrogens is 268 g/mol. The molecule has 5 heteroatoms. The van der Waals surface area contributed by atoms with Crippen LogP contribution in [0.25, 0.3) is 0 Å². The number of nitrogen functional groups attached to an aromatic ring is 1. The molecule has 1 heterocycles. The van der Waals surface area contributed by atoms with Crippen LogP contribution >= 0.6 is 0 Å².